The fraction of sp³-hybridized carbons (Fsp3) is 0.115. The van der Waals surface area contributed by atoms with E-state index < -0.39 is 0 Å². The van der Waals surface area contributed by atoms with Crippen molar-refractivity contribution in [2.45, 2.75) is 19.9 Å². The minimum atomic E-state index is -0.368. The fourth-order valence-corrected chi connectivity index (χ4v) is 4.89. The molecule has 2 aromatic carbocycles. The van der Waals surface area contributed by atoms with Gasteiger partial charge in [0, 0.05) is 23.1 Å². The molecule has 0 spiro atoms. The molecule has 0 saturated carbocycles. The molecule has 3 heterocycles. The van der Waals surface area contributed by atoms with E-state index in [0.717, 1.165) is 15.3 Å². The lowest BCUT2D eigenvalue weighted by Gasteiger charge is -2.16. The number of thiophene rings is 1. The molecule has 0 amide bonds. The largest absolute Gasteiger partial charge is 0.355 e. The number of aryl methyl sites for hydroxylation is 2. The van der Waals surface area contributed by atoms with Gasteiger partial charge in [0.2, 0.25) is 0 Å². The maximum absolute atomic E-state index is 14.0. The number of halogens is 1. The van der Waals surface area contributed by atoms with Gasteiger partial charge in [-0.2, -0.15) is 0 Å². The first kappa shape index (κ1) is 21.0. The Morgan fingerprint density at radius 3 is 2.58 bits per heavy atom. The minimum Gasteiger partial charge on any atom is -0.355 e. The van der Waals surface area contributed by atoms with Crippen LogP contribution in [0.1, 0.15) is 11.3 Å². The van der Waals surface area contributed by atoms with Gasteiger partial charge in [0.25, 0.3) is 5.56 Å². The second-order valence-electron chi connectivity index (χ2n) is 7.64. The summed E-state index contributed by atoms with van der Waals surface area (Å²) in [4.78, 5) is 20.2. The number of hydrogen-bond donors (Lipinski definition) is 0. The SMILES string of the molecule is Cc1nc(-c2cccc(F)c2)n(CCc2ccccc2)c(=O)c1-c1ccc(-c2ccno2)s1. The summed E-state index contributed by atoms with van der Waals surface area (Å²) >= 11 is 1.45. The van der Waals surface area contributed by atoms with Gasteiger partial charge in [-0.05, 0) is 43.2 Å². The topological polar surface area (TPSA) is 60.9 Å². The lowest BCUT2D eigenvalue weighted by atomic mass is 10.1. The van der Waals surface area contributed by atoms with E-state index in [1.807, 2.05) is 49.4 Å². The van der Waals surface area contributed by atoms with Crippen LogP contribution in [0.15, 0.2) is 88.3 Å². The molecular formula is C26H20FN3O2S. The highest BCUT2D eigenvalue weighted by Crippen LogP contribution is 2.34. The number of hydrogen-bond acceptors (Lipinski definition) is 5. The van der Waals surface area contributed by atoms with E-state index in [9.17, 15) is 9.18 Å². The third kappa shape index (κ3) is 4.27. The standard InChI is InChI=1S/C26H20FN3O2S/c1-17-24(23-11-10-22(33-23)21-12-14-28-32-21)26(31)30(15-13-18-6-3-2-4-7-18)25(29-17)19-8-5-9-20(27)16-19/h2-12,14,16H,13,15H2,1H3. The average Bonchev–Trinajstić information content (AvgIpc) is 3.51. The monoisotopic (exact) mass is 457 g/mol. The zero-order valence-electron chi connectivity index (χ0n) is 17.9. The van der Waals surface area contributed by atoms with Crippen LogP contribution in [0.2, 0.25) is 0 Å². The third-order valence-corrected chi connectivity index (χ3v) is 6.55. The summed E-state index contributed by atoms with van der Waals surface area (Å²) in [6, 6.07) is 21.8. The molecule has 0 aliphatic heterocycles. The normalized spacial score (nSPS) is 11.1. The van der Waals surface area contributed by atoms with Crippen LogP contribution < -0.4 is 5.56 Å². The van der Waals surface area contributed by atoms with Crippen LogP contribution in [0.25, 0.3) is 32.5 Å². The summed E-state index contributed by atoms with van der Waals surface area (Å²) in [5.74, 6) is 0.745. The van der Waals surface area contributed by atoms with Gasteiger partial charge in [0.15, 0.2) is 5.76 Å². The zero-order chi connectivity index (χ0) is 22.8. The summed E-state index contributed by atoms with van der Waals surface area (Å²) in [6.07, 6.45) is 2.24. The van der Waals surface area contributed by atoms with Crippen molar-refractivity contribution >= 4 is 11.3 Å². The lowest BCUT2D eigenvalue weighted by molar-refractivity contribution is 0.433. The molecule has 0 aliphatic rings. The zero-order valence-corrected chi connectivity index (χ0v) is 18.7. The number of nitrogens with zero attached hydrogens (tertiary/aromatic N) is 3. The predicted molar refractivity (Wildman–Crippen MR) is 128 cm³/mol. The molecule has 5 nitrogen and oxygen atoms in total. The summed E-state index contributed by atoms with van der Waals surface area (Å²) in [7, 11) is 0. The summed E-state index contributed by atoms with van der Waals surface area (Å²) in [5, 5.41) is 3.76. The Kier molecular flexibility index (Phi) is 5.71. The van der Waals surface area contributed by atoms with Gasteiger partial charge < -0.3 is 4.52 Å². The lowest BCUT2D eigenvalue weighted by Crippen LogP contribution is -2.26. The second-order valence-corrected chi connectivity index (χ2v) is 8.72. The molecule has 0 N–H and O–H groups in total. The van der Waals surface area contributed by atoms with E-state index in [1.54, 1.807) is 29.0 Å². The molecule has 0 saturated heterocycles. The first-order chi connectivity index (χ1) is 16.1. The molecule has 5 rings (SSSR count). The highest BCUT2D eigenvalue weighted by atomic mass is 32.1. The van der Waals surface area contributed by atoms with Crippen molar-refractivity contribution in [3.63, 3.8) is 0 Å². The van der Waals surface area contributed by atoms with Crippen LogP contribution in [0.3, 0.4) is 0 Å². The van der Waals surface area contributed by atoms with Crippen LogP contribution in [-0.2, 0) is 13.0 Å². The van der Waals surface area contributed by atoms with E-state index in [-0.39, 0.29) is 11.4 Å². The average molecular weight is 458 g/mol. The van der Waals surface area contributed by atoms with Crippen LogP contribution in [0.5, 0.6) is 0 Å². The van der Waals surface area contributed by atoms with Crippen molar-refractivity contribution in [1.29, 1.82) is 0 Å². The Balaban J connectivity index is 1.63. The van der Waals surface area contributed by atoms with Crippen molar-refractivity contribution in [1.82, 2.24) is 14.7 Å². The molecule has 7 heteroatoms. The van der Waals surface area contributed by atoms with Gasteiger partial charge in [0.1, 0.15) is 11.6 Å². The van der Waals surface area contributed by atoms with Crippen LogP contribution in [0.4, 0.5) is 4.39 Å². The summed E-state index contributed by atoms with van der Waals surface area (Å²) < 4.78 is 20.9. The van der Waals surface area contributed by atoms with Crippen molar-refractivity contribution in [2.24, 2.45) is 0 Å². The Labute approximate surface area is 193 Å². The highest BCUT2D eigenvalue weighted by molar-refractivity contribution is 7.18. The molecular weight excluding hydrogens is 437 g/mol. The first-order valence-electron chi connectivity index (χ1n) is 10.5. The van der Waals surface area contributed by atoms with Gasteiger partial charge >= 0.3 is 0 Å². The van der Waals surface area contributed by atoms with E-state index in [2.05, 4.69) is 5.16 Å². The highest BCUT2D eigenvalue weighted by Gasteiger charge is 2.19. The van der Waals surface area contributed by atoms with E-state index in [1.165, 1.54) is 23.5 Å². The third-order valence-electron chi connectivity index (χ3n) is 5.43. The van der Waals surface area contributed by atoms with Gasteiger partial charge in [-0.1, -0.05) is 47.6 Å². The van der Waals surface area contributed by atoms with Crippen LogP contribution in [-0.4, -0.2) is 14.7 Å². The van der Waals surface area contributed by atoms with E-state index in [0.29, 0.717) is 41.4 Å². The smallest absolute Gasteiger partial charge is 0.262 e. The molecule has 0 unspecified atom stereocenters. The molecule has 0 bridgehead atoms. The molecule has 0 radical (unpaired) electrons. The molecule has 0 aliphatic carbocycles. The van der Waals surface area contributed by atoms with Crippen molar-refractivity contribution in [3.8, 4) is 32.5 Å². The Hall–Kier alpha value is -3.84. The van der Waals surface area contributed by atoms with Crippen molar-refractivity contribution in [3.05, 3.63) is 106 Å². The minimum absolute atomic E-state index is 0.149. The molecule has 33 heavy (non-hydrogen) atoms. The van der Waals surface area contributed by atoms with Crippen molar-refractivity contribution < 1.29 is 8.91 Å². The van der Waals surface area contributed by atoms with Crippen LogP contribution >= 0.6 is 11.3 Å². The Morgan fingerprint density at radius 2 is 1.82 bits per heavy atom. The summed E-state index contributed by atoms with van der Waals surface area (Å²) in [6.45, 7) is 2.24. The molecule has 0 atom stereocenters. The molecule has 164 valence electrons. The maximum Gasteiger partial charge on any atom is 0.262 e. The van der Waals surface area contributed by atoms with Gasteiger partial charge in [-0.15, -0.1) is 11.3 Å². The van der Waals surface area contributed by atoms with E-state index in [4.69, 9.17) is 9.51 Å². The van der Waals surface area contributed by atoms with E-state index >= 15 is 0 Å². The van der Waals surface area contributed by atoms with Crippen molar-refractivity contribution in [2.75, 3.05) is 0 Å². The van der Waals surface area contributed by atoms with Gasteiger partial charge in [0.05, 0.1) is 22.3 Å². The maximum atomic E-state index is 14.0. The Morgan fingerprint density at radius 1 is 1.00 bits per heavy atom. The molecule has 5 aromatic rings. The first-order valence-corrected chi connectivity index (χ1v) is 11.3. The number of benzene rings is 2. The molecule has 0 fully saturated rings. The summed E-state index contributed by atoms with van der Waals surface area (Å²) in [5.41, 5.74) is 2.67. The number of aromatic nitrogens is 3. The predicted octanol–water partition coefficient (Wildman–Crippen LogP) is 5.98. The second kappa shape index (κ2) is 8.96. The van der Waals surface area contributed by atoms with Gasteiger partial charge in [-0.3, -0.25) is 9.36 Å². The fourth-order valence-electron chi connectivity index (χ4n) is 3.83. The Bertz CT molecular complexity index is 1460. The molecule has 3 aromatic heterocycles. The van der Waals surface area contributed by atoms with Gasteiger partial charge in [-0.25, -0.2) is 9.37 Å². The quantitative estimate of drug-likeness (QED) is 0.315. The number of rotatable bonds is 6. The van der Waals surface area contributed by atoms with Crippen LogP contribution in [0, 0.1) is 12.7 Å².